The van der Waals surface area contributed by atoms with Crippen LogP contribution < -0.4 is 4.90 Å². The van der Waals surface area contributed by atoms with Gasteiger partial charge < -0.3 is 10.0 Å². The average molecular weight is 310 g/mol. The zero-order valence-corrected chi connectivity index (χ0v) is 11.7. The monoisotopic (exact) mass is 309 g/mol. The molecule has 0 aliphatic carbocycles. The number of hydrogen-bond donors (Lipinski definition) is 1. The number of carbonyl (C=O) groups is 1. The van der Waals surface area contributed by atoms with Crippen LogP contribution in [0.25, 0.3) is 6.08 Å². The minimum atomic E-state index is -0.914. The molecule has 0 unspecified atom stereocenters. The van der Waals surface area contributed by atoms with E-state index in [4.69, 9.17) is 5.11 Å². The highest BCUT2D eigenvalue weighted by Gasteiger charge is 2.13. The molecule has 1 heterocycles. The van der Waals surface area contributed by atoms with E-state index >= 15 is 0 Å². The normalized spacial score (nSPS) is 16.2. The lowest BCUT2D eigenvalue weighted by molar-refractivity contribution is -0.131. The second-order valence-electron chi connectivity index (χ2n) is 4.42. The number of nitrogens with zero attached hydrogens (tertiary/aromatic N) is 1. The van der Waals surface area contributed by atoms with Gasteiger partial charge in [-0.05, 0) is 43.0 Å². The van der Waals surface area contributed by atoms with E-state index in [2.05, 4.69) is 26.9 Å². The fraction of sp³-hybridized carbons (Fsp3) is 0.357. The molecule has 2 rings (SSSR count). The van der Waals surface area contributed by atoms with Crippen LogP contribution in [-0.2, 0) is 4.79 Å². The van der Waals surface area contributed by atoms with Crippen LogP contribution in [0, 0.1) is 0 Å². The van der Waals surface area contributed by atoms with Crippen LogP contribution in [0.5, 0.6) is 0 Å². The topological polar surface area (TPSA) is 40.5 Å². The first-order chi connectivity index (χ1) is 8.66. The van der Waals surface area contributed by atoms with Crippen molar-refractivity contribution in [1.29, 1.82) is 0 Å². The molecular weight excluding hydrogens is 294 g/mol. The number of carboxylic acids is 1. The molecule has 4 heteroatoms. The molecular formula is C14H16BrNO2. The highest BCUT2D eigenvalue weighted by molar-refractivity contribution is 9.10. The largest absolute Gasteiger partial charge is 0.478 e. The molecule has 0 bridgehead atoms. The highest BCUT2D eigenvalue weighted by atomic mass is 79.9. The maximum Gasteiger partial charge on any atom is 0.328 e. The predicted octanol–water partition coefficient (Wildman–Crippen LogP) is 3.54. The molecule has 0 aromatic heterocycles. The van der Waals surface area contributed by atoms with Crippen molar-refractivity contribution in [3.05, 3.63) is 34.3 Å². The number of benzene rings is 1. The molecule has 1 fully saturated rings. The highest BCUT2D eigenvalue weighted by Crippen LogP contribution is 2.28. The summed E-state index contributed by atoms with van der Waals surface area (Å²) in [5.74, 6) is -0.914. The molecule has 1 aliphatic heterocycles. The van der Waals surface area contributed by atoms with E-state index in [1.54, 1.807) is 6.08 Å². The molecule has 0 amide bonds. The quantitative estimate of drug-likeness (QED) is 0.868. The third-order valence-corrected chi connectivity index (χ3v) is 3.59. The maximum atomic E-state index is 10.6. The van der Waals surface area contributed by atoms with Crippen LogP contribution in [0.1, 0.15) is 24.8 Å². The molecule has 1 aromatic carbocycles. The summed E-state index contributed by atoms with van der Waals surface area (Å²) in [6.45, 7) is 2.09. The Kier molecular flexibility index (Phi) is 4.42. The minimum absolute atomic E-state index is 0.914. The Morgan fingerprint density at radius 1 is 1.28 bits per heavy atom. The third-order valence-electron chi connectivity index (χ3n) is 3.09. The fourth-order valence-electron chi connectivity index (χ4n) is 2.23. The number of aliphatic carboxylic acids is 1. The van der Waals surface area contributed by atoms with Crippen molar-refractivity contribution < 1.29 is 9.90 Å². The molecule has 0 spiro atoms. The molecule has 1 aliphatic rings. The van der Waals surface area contributed by atoms with Crippen molar-refractivity contribution in [1.82, 2.24) is 0 Å². The lowest BCUT2D eigenvalue weighted by atomic mass is 10.1. The smallest absolute Gasteiger partial charge is 0.328 e. The second-order valence-corrected chi connectivity index (χ2v) is 5.34. The molecule has 1 saturated heterocycles. The standard InChI is InChI=1S/C14H16BrNO2/c15-12-6-4-11(5-7-14(17)18)13(10-12)16-8-2-1-3-9-16/h4-7,10H,1-3,8-9H2,(H,17,18)/b7-5+. The number of halogens is 1. The van der Waals surface area contributed by atoms with Crippen LogP contribution in [0.15, 0.2) is 28.7 Å². The van der Waals surface area contributed by atoms with Gasteiger partial charge in [0.15, 0.2) is 0 Å². The summed E-state index contributed by atoms with van der Waals surface area (Å²) in [4.78, 5) is 12.9. The molecule has 3 nitrogen and oxygen atoms in total. The van der Waals surface area contributed by atoms with Crippen LogP contribution in [-0.4, -0.2) is 24.2 Å². The van der Waals surface area contributed by atoms with Gasteiger partial charge in [-0.25, -0.2) is 4.79 Å². The lowest BCUT2D eigenvalue weighted by Crippen LogP contribution is -2.29. The van der Waals surface area contributed by atoms with Gasteiger partial charge in [0, 0.05) is 29.3 Å². The van der Waals surface area contributed by atoms with Crippen molar-refractivity contribution in [3.63, 3.8) is 0 Å². The first kappa shape index (κ1) is 13.1. The van der Waals surface area contributed by atoms with E-state index in [0.29, 0.717) is 0 Å². The van der Waals surface area contributed by atoms with E-state index in [-0.39, 0.29) is 0 Å². The van der Waals surface area contributed by atoms with Gasteiger partial charge in [0.25, 0.3) is 0 Å². The van der Waals surface area contributed by atoms with Gasteiger partial charge in [0.05, 0.1) is 0 Å². The van der Waals surface area contributed by atoms with Crippen molar-refractivity contribution >= 4 is 33.7 Å². The zero-order valence-electron chi connectivity index (χ0n) is 10.1. The number of rotatable bonds is 3. The minimum Gasteiger partial charge on any atom is -0.478 e. The van der Waals surface area contributed by atoms with Gasteiger partial charge in [0.1, 0.15) is 0 Å². The predicted molar refractivity (Wildman–Crippen MR) is 76.9 cm³/mol. The zero-order chi connectivity index (χ0) is 13.0. The maximum absolute atomic E-state index is 10.6. The van der Waals surface area contributed by atoms with Crippen LogP contribution >= 0.6 is 15.9 Å². The SMILES string of the molecule is O=C(O)/C=C/c1ccc(Br)cc1N1CCCCC1. The molecule has 96 valence electrons. The van der Waals surface area contributed by atoms with Crippen LogP contribution in [0.3, 0.4) is 0 Å². The van der Waals surface area contributed by atoms with Crippen molar-refractivity contribution in [2.75, 3.05) is 18.0 Å². The Morgan fingerprint density at radius 2 is 2.00 bits per heavy atom. The van der Waals surface area contributed by atoms with Crippen molar-refractivity contribution in [2.24, 2.45) is 0 Å². The summed E-state index contributed by atoms with van der Waals surface area (Å²) in [6, 6.07) is 5.95. The lowest BCUT2D eigenvalue weighted by Gasteiger charge is -2.30. The van der Waals surface area contributed by atoms with E-state index in [1.165, 1.54) is 25.3 Å². The van der Waals surface area contributed by atoms with Gasteiger partial charge in [-0.3, -0.25) is 0 Å². The molecule has 0 atom stereocenters. The fourth-order valence-corrected chi connectivity index (χ4v) is 2.58. The Morgan fingerprint density at radius 3 is 2.67 bits per heavy atom. The van der Waals surface area contributed by atoms with E-state index in [9.17, 15) is 4.79 Å². The average Bonchev–Trinajstić information content (AvgIpc) is 2.38. The first-order valence-corrected chi connectivity index (χ1v) is 6.91. The Bertz CT molecular complexity index is 465. The Labute approximate surface area is 115 Å². The summed E-state index contributed by atoms with van der Waals surface area (Å²) in [5.41, 5.74) is 2.07. The Balaban J connectivity index is 2.30. The molecule has 1 aromatic rings. The molecule has 18 heavy (non-hydrogen) atoms. The number of hydrogen-bond acceptors (Lipinski definition) is 2. The van der Waals surface area contributed by atoms with Crippen molar-refractivity contribution in [2.45, 2.75) is 19.3 Å². The van der Waals surface area contributed by atoms with Gasteiger partial charge in [0.2, 0.25) is 0 Å². The summed E-state index contributed by atoms with van der Waals surface area (Å²) in [5, 5.41) is 8.72. The van der Waals surface area contributed by atoms with Gasteiger partial charge in [-0.2, -0.15) is 0 Å². The summed E-state index contributed by atoms with van der Waals surface area (Å²) in [7, 11) is 0. The van der Waals surface area contributed by atoms with E-state index in [0.717, 1.165) is 28.8 Å². The van der Waals surface area contributed by atoms with E-state index in [1.807, 2.05) is 12.1 Å². The van der Waals surface area contributed by atoms with Crippen molar-refractivity contribution in [3.8, 4) is 0 Å². The van der Waals surface area contributed by atoms with E-state index < -0.39 is 5.97 Å². The number of carboxylic acid groups (broad SMARTS) is 1. The molecule has 0 radical (unpaired) electrons. The molecule has 0 saturated carbocycles. The second kappa shape index (κ2) is 6.05. The van der Waals surface area contributed by atoms with Crippen LogP contribution in [0.2, 0.25) is 0 Å². The number of piperidine rings is 1. The summed E-state index contributed by atoms with van der Waals surface area (Å²) < 4.78 is 1.02. The summed E-state index contributed by atoms with van der Waals surface area (Å²) >= 11 is 3.48. The summed E-state index contributed by atoms with van der Waals surface area (Å²) in [6.07, 6.45) is 6.55. The van der Waals surface area contributed by atoms with Gasteiger partial charge in [-0.1, -0.05) is 22.0 Å². The molecule has 1 N–H and O–H groups in total. The number of anilines is 1. The van der Waals surface area contributed by atoms with Gasteiger partial charge >= 0.3 is 5.97 Å². The first-order valence-electron chi connectivity index (χ1n) is 6.12. The van der Waals surface area contributed by atoms with Gasteiger partial charge in [-0.15, -0.1) is 0 Å². The Hall–Kier alpha value is -1.29. The van der Waals surface area contributed by atoms with Crippen LogP contribution in [0.4, 0.5) is 5.69 Å². The third kappa shape index (κ3) is 3.35.